The molecule has 11 nitrogen and oxygen atoms in total. The lowest BCUT2D eigenvalue weighted by Crippen LogP contribution is -2.65. The van der Waals surface area contributed by atoms with Crippen molar-refractivity contribution in [2.75, 3.05) is 26.2 Å². The van der Waals surface area contributed by atoms with E-state index in [1.165, 1.54) is 47.0 Å². The minimum Gasteiger partial charge on any atom is -0.464 e. The van der Waals surface area contributed by atoms with Crippen molar-refractivity contribution in [2.24, 2.45) is 5.41 Å². The molecule has 1 amide bonds. The third-order valence-electron chi connectivity index (χ3n) is 7.84. The number of rotatable bonds is 13. The molecule has 240 valence electrons. The van der Waals surface area contributed by atoms with Crippen LogP contribution in [0.4, 0.5) is 0 Å². The maximum Gasteiger partial charge on any atom is 0.303 e. The topological polar surface area (TPSA) is 129 Å². The molecule has 1 aliphatic carbocycles. The second-order valence-corrected chi connectivity index (χ2v) is 12.6. The van der Waals surface area contributed by atoms with Crippen molar-refractivity contribution in [2.45, 2.75) is 137 Å². The first-order chi connectivity index (χ1) is 19.7. The molecule has 4 atom stereocenters. The zero-order valence-electron chi connectivity index (χ0n) is 26.6. The van der Waals surface area contributed by atoms with Crippen molar-refractivity contribution in [3.8, 4) is 0 Å². The van der Waals surface area contributed by atoms with Gasteiger partial charge in [-0.3, -0.25) is 28.9 Å². The first kappa shape index (κ1) is 35.5. The summed E-state index contributed by atoms with van der Waals surface area (Å²) in [4.78, 5) is 64.9. The predicted octanol–water partition coefficient (Wildman–Crippen LogP) is 3.80. The van der Waals surface area contributed by atoms with E-state index in [4.69, 9.17) is 18.9 Å². The average Bonchev–Trinajstić information content (AvgIpc) is 2.88. The van der Waals surface area contributed by atoms with Crippen molar-refractivity contribution in [1.82, 2.24) is 9.80 Å². The molecule has 1 heterocycles. The molecule has 2 rings (SSSR count). The smallest absolute Gasteiger partial charge is 0.303 e. The van der Waals surface area contributed by atoms with Gasteiger partial charge >= 0.3 is 23.9 Å². The molecular formula is C31H52N2O9. The maximum atomic E-state index is 13.2. The SMILES string of the molecule is CC(=O)OC[C@@H]1[C@@H](OC(C)=O)C(OC(C)=O)[C@@H](OC(C)=O)CN1CCCCCCN(C(=O)C(C)(C)C)C1CCCCC1. The van der Waals surface area contributed by atoms with Gasteiger partial charge in [0.2, 0.25) is 5.91 Å². The van der Waals surface area contributed by atoms with E-state index in [0.29, 0.717) is 12.6 Å². The van der Waals surface area contributed by atoms with Crippen molar-refractivity contribution < 1.29 is 42.9 Å². The fraction of sp³-hybridized carbons (Fsp3) is 0.839. The Kier molecular flexibility index (Phi) is 14.2. The number of likely N-dealkylation sites (tertiary alicyclic amines) is 1. The largest absolute Gasteiger partial charge is 0.464 e. The van der Waals surface area contributed by atoms with Gasteiger partial charge < -0.3 is 23.8 Å². The van der Waals surface area contributed by atoms with E-state index in [9.17, 15) is 24.0 Å². The molecule has 42 heavy (non-hydrogen) atoms. The molecule has 0 aromatic heterocycles. The molecule has 1 aliphatic heterocycles. The number of piperidine rings is 1. The van der Waals surface area contributed by atoms with Crippen LogP contribution in [-0.4, -0.2) is 96.2 Å². The van der Waals surface area contributed by atoms with E-state index in [1.54, 1.807) is 0 Å². The molecule has 0 bridgehead atoms. The molecule has 11 heteroatoms. The molecule has 0 spiro atoms. The molecule has 1 saturated carbocycles. The van der Waals surface area contributed by atoms with E-state index in [0.717, 1.165) is 45.1 Å². The van der Waals surface area contributed by atoms with Gasteiger partial charge in [-0.25, -0.2) is 0 Å². The number of unbranched alkanes of at least 4 members (excludes halogenated alkanes) is 3. The first-order valence-corrected chi connectivity index (χ1v) is 15.4. The van der Waals surface area contributed by atoms with Crippen LogP contribution in [0, 0.1) is 5.41 Å². The number of ether oxygens (including phenoxy) is 4. The Balaban J connectivity index is 2.08. The Bertz CT molecular complexity index is 926. The normalized spacial score (nSPS) is 23.5. The summed E-state index contributed by atoms with van der Waals surface area (Å²) in [6.07, 6.45) is 6.31. The fourth-order valence-corrected chi connectivity index (χ4v) is 5.98. The molecule has 1 saturated heterocycles. The van der Waals surface area contributed by atoms with E-state index < -0.39 is 53.6 Å². The number of esters is 4. The summed E-state index contributed by atoms with van der Waals surface area (Å²) < 4.78 is 21.9. The summed E-state index contributed by atoms with van der Waals surface area (Å²) >= 11 is 0. The van der Waals surface area contributed by atoms with Crippen LogP contribution in [0.5, 0.6) is 0 Å². The standard InChI is InChI=1S/C31H52N2O9/c1-21(34)39-20-26-28(41-23(3)36)29(42-24(4)37)27(40-22(2)35)19-32(26)17-13-8-9-14-18-33(30(38)31(5,6)7)25-15-11-10-12-16-25/h25-29H,8-20H2,1-7H3/t26-,27+,28-,29?/m1/s1. The summed E-state index contributed by atoms with van der Waals surface area (Å²) in [6.45, 7) is 12.4. The first-order valence-electron chi connectivity index (χ1n) is 15.4. The van der Waals surface area contributed by atoms with Crippen LogP contribution < -0.4 is 0 Å². The van der Waals surface area contributed by atoms with Gasteiger partial charge in [-0.15, -0.1) is 0 Å². The number of hydrogen-bond acceptors (Lipinski definition) is 10. The summed E-state index contributed by atoms with van der Waals surface area (Å²) in [6, 6.07) is -0.275. The Morgan fingerprint density at radius 3 is 1.86 bits per heavy atom. The monoisotopic (exact) mass is 596 g/mol. The van der Waals surface area contributed by atoms with Crippen molar-refractivity contribution in [3.63, 3.8) is 0 Å². The van der Waals surface area contributed by atoms with Crippen LogP contribution >= 0.6 is 0 Å². The van der Waals surface area contributed by atoms with E-state index in [1.807, 2.05) is 25.7 Å². The summed E-state index contributed by atoms with van der Waals surface area (Å²) in [7, 11) is 0. The van der Waals surface area contributed by atoms with Gasteiger partial charge in [0, 0.05) is 52.2 Å². The molecule has 0 aromatic rings. The van der Waals surface area contributed by atoms with Gasteiger partial charge in [0.15, 0.2) is 18.3 Å². The summed E-state index contributed by atoms with van der Waals surface area (Å²) in [5.41, 5.74) is -0.413. The molecule has 2 aliphatic rings. The maximum absolute atomic E-state index is 13.2. The highest BCUT2D eigenvalue weighted by atomic mass is 16.6. The molecule has 2 fully saturated rings. The van der Waals surface area contributed by atoms with Gasteiger partial charge in [-0.1, -0.05) is 52.9 Å². The number of carbonyl (C=O) groups excluding carboxylic acids is 5. The molecule has 1 unspecified atom stereocenters. The Morgan fingerprint density at radius 1 is 0.738 bits per heavy atom. The van der Waals surface area contributed by atoms with Gasteiger partial charge in [0.25, 0.3) is 0 Å². The van der Waals surface area contributed by atoms with Crippen LogP contribution in [0.15, 0.2) is 0 Å². The van der Waals surface area contributed by atoms with Gasteiger partial charge in [-0.2, -0.15) is 0 Å². The quantitative estimate of drug-likeness (QED) is 0.176. The average molecular weight is 597 g/mol. The molecule has 0 aromatic carbocycles. The van der Waals surface area contributed by atoms with Crippen LogP contribution in [0.1, 0.15) is 106 Å². The summed E-state index contributed by atoms with van der Waals surface area (Å²) in [5.74, 6) is -2.03. The lowest BCUT2D eigenvalue weighted by atomic mass is 9.89. The lowest BCUT2D eigenvalue weighted by Gasteiger charge is -2.46. The van der Waals surface area contributed by atoms with Crippen LogP contribution in [-0.2, 0) is 42.9 Å². The molecular weight excluding hydrogens is 544 g/mol. The van der Waals surface area contributed by atoms with Crippen LogP contribution in [0.2, 0.25) is 0 Å². The van der Waals surface area contributed by atoms with Crippen LogP contribution in [0.25, 0.3) is 0 Å². The minimum absolute atomic E-state index is 0.0803. The van der Waals surface area contributed by atoms with Crippen LogP contribution in [0.3, 0.4) is 0 Å². The van der Waals surface area contributed by atoms with Gasteiger partial charge in [0.1, 0.15) is 6.61 Å². The van der Waals surface area contributed by atoms with E-state index >= 15 is 0 Å². The number of hydrogen-bond donors (Lipinski definition) is 0. The second-order valence-electron chi connectivity index (χ2n) is 12.6. The fourth-order valence-electron chi connectivity index (χ4n) is 5.98. The molecule has 0 radical (unpaired) electrons. The third-order valence-corrected chi connectivity index (χ3v) is 7.84. The van der Waals surface area contributed by atoms with Gasteiger partial charge in [-0.05, 0) is 32.2 Å². The minimum atomic E-state index is -1.04. The van der Waals surface area contributed by atoms with Crippen molar-refractivity contribution >= 4 is 29.8 Å². The highest BCUT2D eigenvalue weighted by Crippen LogP contribution is 2.29. The van der Waals surface area contributed by atoms with E-state index in [-0.39, 0.29) is 19.1 Å². The van der Waals surface area contributed by atoms with E-state index in [2.05, 4.69) is 4.90 Å². The Hall–Kier alpha value is -2.69. The number of amides is 1. The zero-order valence-corrected chi connectivity index (χ0v) is 26.6. The number of nitrogens with zero attached hydrogens (tertiary/aromatic N) is 2. The Morgan fingerprint density at radius 2 is 1.31 bits per heavy atom. The molecule has 0 N–H and O–H groups in total. The predicted molar refractivity (Wildman–Crippen MR) is 155 cm³/mol. The Labute approximate surface area is 250 Å². The summed E-state index contributed by atoms with van der Waals surface area (Å²) in [5, 5.41) is 0. The van der Waals surface area contributed by atoms with Crippen molar-refractivity contribution in [3.05, 3.63) is 0 Å². The second kappa shape index (κ2) is 16.8. The lowest BCUT2D eigenvalue weighted by molar-refractivity contribution is -0.207. The zero-order chi connectivity index (χ0) is 31.4. The highest BCUT2D eigenvalue weighted by Gasteiger charge is 2.49. The van der Waals surface area contributed by atoms with Crippen molar-refractivity contribution in [1.29, 1.82) is 0 Å². The third kappa shape index (κ3) is 11.5. The highest BCUT2D eigenvalue weighted by molar-refractivity contribution is 5.81. The number of carbonyl (C=O) groups is 5. The van der Waals surface area contributed by atoms with Gasteiger partial charge in [0.05, 0.1) is 6.04 Å².